The fourth-order valence-corrected chi connectivity index (χ4v) is 3.36. The van der Waals surface area contributed by atoms with Gasteiger partial charge in [0.25, 0.3) is 10.8 Å². The van der Waals surface area contributed by atoms with E-state index in [-0.39, 0.29) is 28.1 Å². The van der Waals surface area contributed by atoms with Crippen molar-refractivity contribution >= 4 is 28.6 Å². The maximum atomic E-state index is 12.7. The van der Waals surface area contributed by atoms with Crippen molar-refractivity contribution in [2.75, 3.05) is 24.2 Å². The smallest absolute Gasteiger partial charge is 0.295 e. The quantitative estimate of drug-likeness (QED) is 0.841. The molecule has 1 aromatic carbocycles. The third-order valence-corrected chi connectivity index (χ3v) is 5.08. The fourth-order valence-electron chi connectivity index (χ4n) is 2.59. The summed E-state index contributed by atoms with van der Waals surface area (Å²) in [6.45, 7) is 6.75. The number of para-hydroxylation sites is 1. The third kappa shape index (κ3) is 4.19. The van der Waals surface area contributed by atoms with Crippen molar-refractivity contribution in [3.05, 3.63) is 46.4 Å². The Morgan fingerprint density at radius 1 is 1.15 bits per heavy atom. The van der Waals surface area contributed by atoms with Crippen molar-refractivity contribution in [2.24, 2.45) is 7.05 Å². The molecule has 0 spiro atoms. The van der Waals surface area contributed by atoms with Crippen molar-refractivity contribution in [3.63, 3.8) is 0 Å². The number of thioether (sulfide) groups is 1. The molecule has 8 heteroatoms. The van der Waals surface area contributed by atoms with Crippen LogP contribution in [-0.4, -0.2) is 44.3 Å². The van der Waals surface area contributed by atoms with Crippen LogP contribution in [0.5, 0.6) is 0 Å². The van der Waals surface area contributed by atoms with Crippen LogP contribution in [0.1, 0.15) is 19.5 Å². The number of aromatic nitrogens is 2. The lowest BCUT2D eigenvalue weighted by Gasteiger charge is -2.17. The molecule has 0 aliphatic carbocycles. The molecule has 0 atom stereocenters. The average molecular weight is 376 g/mol. The highest BCUT2D eigenvalue weighted by Crippen LogP contribution is 2.15. The van der Waals surface area contributed by atoms with Crippen LogP contribution in [0.2, 0.25) is 0 Å². The number of nitrogens with zero attached hydrogens (tertiary/aromatic N) is 3. The van der Waals surface area contributed by atoms with Crippen LogP contribution in [0.3, 0.4) is 0 Å². The summed E-state index contributed by atoms with van der Waals surface area (Å²) in [5.74, 6) is -0.407. The monoisotopic (exact) mass is 376 g/mol. The summed E-state index contributed by atoms with van der Waals surface area (Å²) in [5, 5.41) is 2.51. The molecule has 0 radical (unpaired) electrons. The zero-order chi connectivity index (χ0) is 19.3. The van der Waals surface area contributed by atoms with Crippen LogP contribution in [0, 0.1) is 6.92 Å². The molecule has 0 bridgehead atoms. The van der Waals surface area contributed by atoms with Gasteiger partial charge in [-0.15, -0.1) is 0 Å². The maximum Gasteiger partial charge on any atom is 0.295 e. The van der Waals surface area contributed by atoms with Crippen LogP contribution < -0.4 is 10.9 Å². The predicted molar refractivity (Wildman–Crippen MR) is 105 cm³/mol. The number of nitrogens with one attached hydrogen (secondary N) is 1. The molecule has 0 saturated carbocycles. The van der Waals surface area contributed by atoms with Gasteiger partial charge in [-0.1, -0.05) is 30.0 Å². The van der Waals surface area contributed by atoms with Gasteiger partial charge >= 0.3 is 0 Å². The van der Waals surface area contributed by atoms with Gasteiger partial charge in [-0.3, -0.25) is 19.1 Å². The van der Waals surface area contributed by atoms with Crippen molar-refractivity contribution < 1.29 is 9.59 Å². The number of amides is 2. The molecule has 2 aromatic rings. The molecule has 1 N–H and O–H groups in total. The Morgan fingerprint density at radius 2 is 1.77 bits per heavy atom. The molecular formula is C18H24N4O3S. The van der Waals surface area contributed by atoms with E-state index < -0.39 is 0 Å². The first-order valence-corrected chi connectivity index (χ1v) is 9.44. The molecule has 26 heavy (non-hydrogen) atoms. The van der Waals surface area contributed by atoms with Crippen LogP contribution in [-0.2, 0) is 11.8 Å². The van der Waals surface area contributed by atoms with E-state index in [0.29, 0.717) is 18.8 Å². The summed E-state index contributed by atoms with van der Waals surface area (Å²) in [4.78, 5) is 38.6. The predicted octanol–water partition coefficient (Wildman–Crippen LogP) is 2.62. The lowest BCUT2D eigenvalue weighted by Crippen LogP contribution is -2.29. The zero-order valence-corrected chi connectivity index (χ0v) is 16.3. The minimum Gasteiger partial charge on any atom is -0.334 e. The van der Waals surface area contributed by atoms with Crippen molar-refractivity contribution in [1.82, 2.24) is 14.3 Å². The van der Waals surface area contributed by atoms with Gasteiger partial charge in [0.05, 0.1) is 17.1 Å². The molecule has 0 saturated heterocycles. The van der Waals surface area contributed by atoms with E-state index >= 15 is 0 Å². The van der Waals surface area contributed by atoms with Crippen LogP contribution in [0.25, 0.3) is 5.69 Å². The summed E-state index contributed by atoms with van der Waals surface area (Å²) >= 11 is 0.939. The molecule has 1 heterocycles. The highest BCUT2D eigenvalue weighted by atomic mass is 32.2. The molecular weight excluding hydrogens is 352 g/mol. The fraction of sp³-hybridized carbons (Fsp3) is 0.389. The van der Waals surface area contributed by atoms with E-state index in [4.69, 9.17) is 0 Å². The van der Waals surface area contributed by atoms with Gasteiger partial charge in [0, 0.05) is 20.1 Å². The first-order valence-electron chi connectivity index (χ1n) is 8.46. The number of carbonyl (C=O) groups is 2. The zero-order valence-electron chi connectivity index (χ0n) is 15.5. The largest absolute Gasteiger partial charge is 0.334 e. The van der Waals surface area contributed by atoms with Gasteiger partial charge in [0.2, 0.25) is 5.91 Å². The summed E-state index contributed by atoms with van der Waals surface area (Å²) in [5.41, 5.74) is 1.30. The lowest BCUT2D eigenvalue weighted by molar-refractivity contribution is -0.113. The van der Waals surface area contributed by atoms with Crippen LogP contribution in [0.15, 0.2) is 35.1 Å². The molecule has 140 valence electrons. The summed E-state index contributed by atoms with van der Waals surface area (Å²) in [6.07, 6.45) is 0. The van der Waals surface area contributed by atoms with E-state index in [1.165, 1.54) is 4.68 Å². The second kappa shape index (κ2) is 8.75. The number of rotatable bonds is 6. The second-order valence-electron chi connectivity index (χ2n) is 5.71. The topological polar surface area (TPSA) is 76.3 Å². The van der Waals surface area contributed by atoms with Crippen LogP contribution >= 0.6 is 11.8 Å². The van der Waals surface area contributed by atoms with E-state index in [1.54, 1.807) is 23.6 Å². The summed E-state index contributed by atoms with van der Waals surface area (Å²) in [7, 11) is 1.76. The molecule has 7 nitrogen and oxygen atoms in total. The normalized spacial score (nSPS) is 10.6. The molecule has 2 amide bonds. The van der Waals surface area contributed by atoms with Gasteiger partial charge in [0.15, 0.2) is 0 Å². The van der Waals surface area contributed by atoms with Gasteiger partial charge in [-0.2, -0.15) is 0 Å². The van der Waals surface area contributed by atoms with Crippen LogP contribution in [0.4, 0.5) is 10.5 Å². The number of carbonyl (C=O) groups excluding carboxylic acids is 2. The van der Waals surface area contributed by atoms with Crippen molar-refractivity contribution in [1.29, 1.82) is 0 Å². The number of anilines is 1. The standard InChI is InChI=1S/C18H24N4O3S/c1-5-21(6-2)18(25)26-12-15(23)19-16-13(3)20(4)22(17(16)24)14-10-8-7-9-11-14/h7-11H,5-6,12H2,1-4H3,(H,19,23). The Balaban J connectivity index is 2.14. The van der Waals surface area contributed by atoms with Crippen molar-refractivity contribution in [2.45, 2.75) is 20.8 Å². The number of hydrogen-bond donors (Lipinski definition) is 1. The van der Waals surface area contributed by atoms with Gasteiger partial charge in [-0.05, 0) is 32.9 Å². The number of benzene rings is 1. The Hall–Kier alpha value is -2.48. The number of hydrogen-bond acceptors (Lipinski definition) is 4. The Labute approximate surface area is 157 Å². The highest BCUT2D eigenvalue weighted by molar-refractivity contribution is 8.14. The van der Waals surface area contributed by atoms with Crippen molar-refractivity contribution in [3.8, 4) is 5.69 Å². The maximum absolute atomic E-state index is 12.7. The third-order valence-electron chi connectivity index (χ3n) is 4.17. The lowest BCUT2D eigenvalue weighted by atomic mass is 10.3. The van der Waals surface area contributed by atoms with Gasteiger partial charge < -0.3 is 10.2 Å². The SMILES string of the molecule is CCN(CC)C(=O)SCC(=O)Nc1c(C)n(C)n(-c2ccccc2)c1=O. The molecule has 0 fully saturated rings. The highest BCUT2D eigenvalue weighted by Gasteiger charge is 2.19. The first-order chi connectivity index (χ1) is 12.4. The molecule has 0 aliphatic heterocycles. The average Bonchev–Trinajstić information content (AvgIpc) is 2.85. The van der Waals surface area contributed by atoms with E-state index in [2.05, 4.69) is 5.32 Å². The Morgan fingerprint density at radius 3 is 2.35 bits per heavy atom. The molecule has 2 rings (SSSR count). The summed E-state index contributed by atoms with van der Waals surface area (Å²) in [6, 6.07) is 9.21. The van der Waals surface area contributed by atoms with Gasteiger partial charge in [0.1, 0.15) is 5.69 Å². The minimum atomic E-state index is -0.374. The summed E-state index contributed by atoms with van der Waals surface area (Å²) < 4.78 is 3.20. The van der Waals surface area contributed by atoms with Gasteiger partial charge in [-0.25, -0.2) is 4.68 Å². The Kier molecular flexibility index (Phi) is 6.68. The van der Waals surface area contributed by atoms with E-state index in [9.17, 15) is 14.4 Å². The second-order valence-corrected chi connectivity index (χ2v) is 6.64. The minimum absolute atomic E-state index is 0.0333. The Bertz CT molecular complexity index is 838. The molecule has 0 unspecified atom stereocenters. The molecule has 1 aromatic heterocycles. The first kappa shape index (κ1) is 19.8. The van der Waals surface area contributed by atoms with E-state index in [0.717, 1.165) is 17.4 Å². The molecule has 0 aliphatic rings. The van der Waals surface area contributed by atoms with E-state index in [1.807, 2.05) is 44.2 Å².